The van der Waals surface area contributed by atoms with E-state index in [1.165, 1.54) is 5.56 Å². The Morgan fingerprint density at radius 1 is 1.17 bits per heavy atom. The molecule has 1 aromatic carbocycles. The Labute approximate surface area is 109 Å². The Balaban J connectivity index is 2.93. The fourth-order valence-corrected chi connectivity index (χ4v) is 2.35. The first-order valence-corrected chi connectivity index (χ1v) is 6.67. The molecule has 0 aliphatic carbocycles. The van der Waals surface area contributed by atoms with Crippen molar-refractivity contribution < 1.29 is 9.90 Å². The minimum Gasteiger partial charge on any atom is -0.480 e. The van der Waals surface area contributed by atoms with E-state index in [0.29, 0.717) is 6.42 Å². The van der Waals surface area contributed by atoms with Gasteiger partial charge in [0.15, 0.2) is 0 Å². The summed E-state index contributed by atoms with van der Waals surface area (Å²) in [7, 11) is 0. The van der Waals surface area contributed by atoms with Gasteiger partial charge in [-0.3, -0.25) is 9.69 Å². The summed E-state index contributed by atoms with van der Waals surface area (Å²) in [5.74, 6) is -0.732. The average molecular weight is 249 g/mol. The summed E-state index contributed by atoms with van der Waals surface area (Å²) in [5, 5.41) is 9.39. The second-order valence-electron chi connectivity index (χ2n) is 4.40. The zero-order chi connectivity index (χ0) is 13.5. The number of likely N-dealkylation sites (N-methyl/N-ethyl adjacent to an activating group) is 1. The molecule has 0 saturated heterocycles. The van der Waals surface area contributed by atoms with E-state index in [1.807, 2.05) is 36.9 Å². The second kappa shape index (κ2) is 7.17. The predicted octanol–water partition coefficient (Wildman–Crippen LogP) is 2.59. The van der Waals surface area contributed by atoms with E-state index in [1.54, 1.807) is 0 Å². The molecule has 18 heavy (non-hydrogen) atoms. The smallest absolute Gasteiger partial charge is 0.321 e. The number of rotatable bonds is 7. The molecule has 3 nitrogen and oxygen atoms in total. The molecule has 0 aliphatic heterocycles. The highest BCUT2D eigenvalue weighted by Gasteiger charge is 2.24. The molecule has 0 fully saturated rings. The summed E-state index contributed by atoms with van der Waals surface area (Å²) in [6.45, 7) is 7.64. The Morgan fingerprint density at radius 3 is 2.17 bits per heavy atom. The van der Waals surface area contributed by atoms with Gasteiger partial charge in [0.05, 0.1) is 0 Å². The SMILES string of the molecule is CCc1ccccc1CC(C(=O)O)N(CC)CC. The molecule has 0 radical (unpaired) electrons. The van der Waals surface area contributed by atoms with Gasteiger partial charge in [0.1, 0.15) is 6.04 Å². The van der Waals surface area contributed by atoms with E-state index in [2.05, 4.69) is 13.0 Å². The van der Waals surface area contributed by atoms with Gasteiger partial charge < -0.3 is 5.11 Å². The van der Waals surface area contributed by atoms with Crippen LogP contribution in [0.1, 0.15) is 31.9 Å². The lowest BCUT2D eigenvalue weighted by atomic mass is 9.98. The van der Waals surface area contributed by atoms with Gasteiger partial charge in [-0.15, -0.1) is 0 Å². The fourth-order valence-electron chi connectivity index (χ4n) is 2.35. The maximum absolute atomic E-state index is 11.4. The maximum atomic E-state index is 11.4. The topological polar surface area (TPSA) is 40.5 Å². The quantitative estimate of drug-likeness (QED) is 0.807. The number of carboxylic acids is 1. The van der Waals surface area contributed by atoms with Gasteiger partial charge >= 0.3 is 5.97 Å². The first kappa shape index (κ1) is 14.7. The zero-order valence-electron chi connectivity index (χ0n) is 11.5. The van der Waals surface area contributed by atoms with Crippen LogP contribution in [0.25, 0.3) is 0 Å². The monoisotopic (exact) mass is 249 g/mol. The van der Waals surface area contributed by atoms with Crippen LogP contribution in [0.4, 0.5) is 0 Å². The van der Waals surface area contributed by atoms with Crippen molar-refractivity contribution in [2.75, 3.05) is 13.1 Å². The number of carbonyl (C=O) groups is 1. The lowest BCUT2D eigenvalue weighted by Gasteiger charge is -2.26. The normalized spacial score (nSPS) is 12.7. The van der Waals surface area contributed by atoms with Crippen molar-refractivity contribution in [2.24, 2.45) is 0 Å². The minimum atomic E-state index is -0.732. The highest BCUT2D eigenvalue weighted by atomic mass is 16.4. The minimum absolute atomic E-state index is 0.423. The van der Waals surface area contributed by atoms with Crippen molar-refractivity contribution in [3.05, 3.63) is 35.4 Å². The molecular formula is C15H23NO2. The van der Waals surface area contributed by atoms with E-state index in [9.17, 15) is 9.90 Å². The molecule has 1 atom stereocenters. The summed E-state index contributed by atoms with van der Waals surface area (Å²) in [6, 6.07) is 7.69. The van der Waals surface area contributed by atoms with Gasteiger partial charge in [0.25, 0.3) is 0 Å². The Kier molecular flexibility index (Phi) is 5.86. The van der Waals surface area contributed by atoms with E-state index in [4.69, 9.17) is 0 Å². The third-order valence-electron chi connectivity index (χ3n) is 3.45. The van der Waals surface area contributed by atoms with E-state index in [0.717, 1.165) is 25.1 Å². The summed E-state index contributed by atoms with van der Waals surface area (Å²) in [6.07, 6.45) is 1.53. The summed E-state index contributed by atoms with van der Waals surface area (Å²) in [5.41, 5.74) is 2.40. The molecule has 1 N–H and O–H groups in total. The van der Waals surface area contributed by atoms with E-state index < -0.39 is 12.0 Å². The maximum Gasteiger partial charge on any atom is 0.321 e. The van der Waals surface area contributed by atoms with Crippen LogP contribution in [0.3, 0.4) is 0 Å². The first-order valence-electron chi connectivity index (χ1n) is 6.67. The van der Waals surface area contributed by atoms with Crippen LogP contribution in [-0.2, 0) is 17.6 Å². The van der Waals surface area contributed by atoms with Crippen LogP contribution >= 0.6 is 0 Å². The number of benzene rings is 1. The van der Waals surface area contributed by atoms with Gasteiger partial charge in [0, 0.05) is 0 Å². The molecule has 0 aliphatic rings. The van der Waals surface area contributed by atoms with Crippen molar-refractivity contribution in [3.63, 3.8) is 0 Å². The van der Waals surface area contributed by atoms with Crippen LogP contribution in [0, 0.1) is 0 Å². The molecule has 0 aromatic heterocycles. The molecule has 1 rings (SSSR count). The van der Waals surface area contributed by atoms with Crippen LogP contribution in [0.15, 0.2) is 24.3 Å². The van der Waals surface area contributed by atoms with Crippen molar-refractivity contribution >= 4 is 5.97 Å². The molecular weight excluding hydrogens is 226 g/mol. The van der Waals surface area contributed by atoms with Crippen LogP contribution < -0.4 is 0 Å². The summed E-state index contributed by atoms with van der Waals surface area (Å²) >= 11 is 0. The molecule has 0 amide bonds. The fraction of sp³-hybridized carbons (Fsp3) is 0.533. The number of hydrogen-bond acceptors (Lipinski definition) is 2. The number of nitrogens with zero attached hydrogens (tertiary/aromatic N) is 1. The van der Waals surface area contributed by atoms with Crippen LogP contribution in [-0.4, -0.2) is 35.1 Å². The Morgan fingerprint density at radius 2 is 1.72 bits per heavy atom. The average Bonchev–Trinajstić information content (AvgIpc) is 2.39. The van der Waals surface area contributed by atoms with Crippen molar-refractivity contribution in [3.8, 4) is 0 Å². The Bertz CT molecular complexity index is 386. The van der Waals surface area contributed by atoms with Crippen molar-refractivity contribution in [2.45, 2.75) is 39.7 Å². The standard InChI is InChI=1S/C15H23NO2/c1-4-12-9-7-8-10-13(12)11-14(15(17)18)16(5-2)6-3/h7-10,14H,4-6,11H2,1-3H3,(H,17,18). The van der Waals surface area contributed by atoms with Gasteiger partial charge in [-0.1, -0.05) is 45.0 Å². The second-order valence-corrected chi connectivity index (χ2v) is 4.40. The molecule has 0 bridgehead atoms. The van der Waals surface area contributed by atoms with E-state index in [-0.39, 0.29) is 0 Å². The third kappa shape index (κ3) is 3.57. The molecule has 1 unspecified atom stereocenters. The van der Waals surface area contributed by atoms with Gasteiger partial charge in [-0.2, -0.15) is 0 Å². The molecule has 100 valence electrons. The third-order valence-corrected chi connectivity index (χ3v) is 3.45. The highest BCUT2D eigenvalue weighted by molar-refractivity contribution is 5.74. The number of aryl methyl sites for hydroxylation is 1. The predicted molar refractivity (Wildman–Crippen MR) is 73.9 cm³/mol. The molecule has 0 saturated carbocycles. The molecule has 0 spiro atoms. The van der Waals surface area contributed by atoms with Gasteiger partial charge in [-0.05, 0) is 37.1 Å². The summed E-state index contributed by atoms with van der Waals surface area (Å²) < 4.78 is 0. The van der Waals surface area contributed by atoms with Gasteiger partial charge in [-0.25, -0.2) is 0 Å². The van der Waals surface area contributed by atoms with Crippen molar-refractivity contribution in [1.82, 2.24) is 4.90 Å². The first-order chi connectivity index (χ1) is 8.63. The van der Waals surface area contributed by atoms with Crippen LogP contribution in [0.2, 0.25) is 0 Å². The van der Waals surface area contributed by atoms with Gasteiger partial charge in [0.2, 0.25) is 0 Å². The van der Waals surface area contributed by atoms with E-state index >= 15 is 0 Å². The highest BCUT2D eigenvalue weighted by Crippen LogP contribution is 2.15. The summed E-state index contributed by atoms with van der Waals surface area (Å²) in [4.78, 5) is 13.4. The Hall–Kier alpha value is -1.35. The largest absolute Gasteiger partial charge is 0.480 e. The van der Waals surface area contributed by atoms with Crippen LogP contribution in [0.5, 0.6) is 0 Å². The molecule has 3 heteroatoms. The number of hydrogen-bond donors (Lipinski definition) is 1. The lowest BCUT2D eigenvalue weighted by Crippen LogP contribution is -2.42. The molecule has 1 aromatic rings. The zero-order valence-corrected chi connectivity index (χ0v) is 11.5. The molecule has 0 heterocycles. The number of carboxylic acid groups (broad SMARTS) is 1. The van der Waals surface area contributed by atoms with Crippen molar-refractivity contribution in [1.29, 1.82) is 0 Å². The lowest BCUT2D eigenvalue weighted by molar-refractivity contribution is -0.143. The number of aliphatic carboxylic acids is 1.